The van der Waals surface area contributed by atoms with Crippen LogP contribution in [0.5, 0.6) is 0 Å². The van der Waals surface area contributed by atoms with E-state index in [2.05, 4.69) is 10.3 Å². The number of fused-ring (bicyclic) bond motifs is 4. The fraction of sp³-hybridized carbons (Fsp3) is 0.524. The Morgan fingerprint density at radius 2 is 1.81 bits per heavy atom. The molecule has 1 saturated carbocycles. The molecule has 7 nitrogen and oxygen atoms in total. The van der Waals surface area contributed by atoms with E-state index in [1.165, 1.54) is 19.1 Å². The van der Waals surface area contributed by atoms with Crippen molar-refractivity contribution in [2.75, 3.05) is 11.6 Å². The first kappa shape index (κ1) is 21.0. The Balaban J connectivity index is 1.57. The standard InChI is InChI=1S/C21H19F4N3O4/c1-9-3-4-10-17(19(2)13(29)5-6-21(9,19)31)32-18(30)20(10)8-28(27-26-20)16-14(24)11(22)7-12(23)15(16)25/h5-7,9-10,17,31H,3-4,8H2,1-2H3/t9-,10?,17?,19-,20?,21+/m0/s1. The molecule has 0 bridgehead atoms. The third-order valence-electron chi connectivity index (χ3n) is 7.70. The van der Waals surface area contributed by atoms with Crippen LogP contribution in [-0.2, 0) is 14.3 Å². The fourth-order valence-corrected chi connectivity index (χ4v) is 5.68. The van der Waals surface area contributed by atoms with Gasteiger partial charge < -0.3 is 9.84 Å². The number of hydrogen-bond acceptors (Lipinski definition) is 7. The number of hydrogen-bond donors (Lipinski definition) is 1. The second-order valence-corrected chi connectivity index (χ2v) is 9.12. The average molecular weight is 453 g/mol. The monoisotopic (exact) mass is 453 g/mol. The molecular formula is C21H19F4N3O4. The first-order valence-corrected chi connectivity index (χ1v) is 10.2. The molecule has 32 heavy (non-hydrogen) atoms. The van der Waals surface area contributed by atoms with Gasteiger partial charge in [0.05, 0.1) is 12.0 Å². The number of allylic oxidation sites excluding steroid dienone is 1. The van der Waals surface area contributed by atoms with Crippen LogP contribution in [0.4, 0.5) is 23.2 Å². The zero-order chi connectivity index (χ0) is 23.2. The summed E-state index contributed by atoms with van der Waals surface area (Å²) < 4.78 is 61.7. The van der Waals surface area contributed by atoms with Crippen molar-refractivity contribution in [2.24, 2.45) is 27.6 Å². The van der Waals surface area contributed by atoms with Crippen molar-refractivity contribution in [3.63, 3.8) is 0 Å². The molecular weight excluding hydrogens is 434 g/mol. The Morgan fingerprint density at radius 1 is 1.16 bits per heavy atom. The van der Waals surface area contributed by atoms with E-state index >= 15 is 0 Å². The van der Waals surface area contributed by atoms with Crippen LogP contribution in [0.1, 0.15) is 26.7 Å². The van der Waals surface area contributed by atoms with Gasteiger partial charge in [0.1, 0.15) is 17.4 Å². The highest BCUT2D eigenvalue weighted by molar-refractivity contribution is 6.00. The Kier molecular flexibility index (Phi) is 4.19. The number of carbonyl (C=O) groups is 2. The average Bonchev–Trinajstić information content (AvgIpc) is 3.35. The first-order valence-electron chi connectivity index (χ1n) is 10.2. The second kappa shape index (κ2) is 6.37. The van der Waals surface area contributed by atoms with Gasteiger partial charge >= 0.3 is 5.97 Å². The number of halogens is 4. The summed E-state index contributed by atoms with van der Waals surface area (Å²) in [6.45, 7) is 2.76. The Morgan fingerprint density at radius 3 is 2.47 bits per heavy atom. The lowest BCUT2D eigenvalue weighted by molar-refractivity contribution is -0.166. The van der Waals surface area contributed by atoms with E-state index in [4.69, 9.17) is 4.74 Å². The minimum atomic E-state index is -1.75. The maximum Gasteiger partial charge on any atom is 0.338 e. The molecule has 0 radical (unpaired) electrons. The van der Waals surface area contributed by atoms with Crippen molar-refractivity contribution < 1.29 is 37.0 Å². The number of carbonyl (C=O) groups excluding carboxylic acids is 2. The summed E-state index contributed by atoms with van der Waals surface area (Å²) in [4.78, 5) is 25.9. The number of benzene rings is 1. The van der Waals surface area contributed by atoms with Crippen LogP contribution in [0.25, 0.3) is 0 Å². The van der Waals surface area contributed by atoms with Gasteiger partial charge in [-0.25, -0.2) is 27.4 Å². The molecule has 170 valence electrons. The third-order valence-corrected chi connectivity index (χ3v) is 7.70. The van der Waals surface area contributed by atoms with Gasteiger partial charge in [0.25, 0.3) is 0 Å². The van der Waals surface area contributed by atoms with Gasteiger partial charge in [0.15, 0.2) is 29.1 Å². The molecule has 1 aromatic rings. The Labute approximate surface area is 179 Å². The maximum atomic E-state index is 14.3. The van der Waals surface area contributed by atoms with Gasteiger partial charge in [-0.2, -0.15) is 0 Å². The molecule has 4 aliphatic rings. The van der Waals surface area contributed by atoms with Gasteiger partial charge in [-0.1, -0.05) is 12.1 Å². The van der Waals surface area contributed by atoms with Crippen molar-refractivity contribution in [3.8, 4) is 0 Å². The molecule has 3 unspecified atom stereocenters. The summed E-state index contributed by atoms with van der Waals surface area (Å²) in [7, 11) is 0. The topological polar surface area (TPSA) is 91.6 Å². The van der Waals surface area contributed by atoms with Gasteiger partial charge in [-0.3, -0.25) is 4.79 Å². The summed E-state index contributed by atoms with van der Waals surface area (Å²) in [5.41, 5.74) is -5.91. The zero-order valence-electron chi connectivity index (χ0n) is 17.1. The largest absolute Gasteiger partial charge is 0.459 e. The van der Waals surface area contributed by atoms with Crippen molar-refractivity contribution in [3.05, 3.63) is 41.5 Å². The molecule has 6 atom stereocenters. The molecule has 2 aliphatic carbocycles. The minimum Gasteiger partial charge on any atom is -0.459 e. The first-order chi connectivity index (χ1) is 15.0. The predicted octanol–water partition coefficient (Wildman–Crippen LogP) is 3.02. The van der Waals surface area contributed by atoms with Crippen molar-refractivity contribution >= 4 is 17.4 Å². The third kappa shape index (κ3) is 2.29. The number of ether oxygens (including phenoxy) is 1. The van der Waals surface area contributed by atoms with E-state index in [1.807, 2.05) is 0 Å². The van der Waals surface area contributed by atoms with E-state index in [0.29, 0.717) is 17.9 Å². The lowest BCUT2D eigenvalue weighted by Gasteiger charge is -2.43. The number of rotatable bonds is 1. The lowest BCUT2D eigenvalue weighted by atomic mass is 9.63. The Hall–Kier alpha value is -2.82. The SMILES string of the molecule is C[C@H]1CCC2C(OC(=O)C23CN(c2c(F)c(F)cc(F)c2F)N=N3)[C@]2(C)C(=O)C=C[C@@]12O. The predicted molar refractivity (Wildman–Crippen MR) is 100 cm³/mol. The van der Waals surface area contributed by atoms with Crippen LogP contribution in [-0.4, -0.2) is 40.6 Å². The Bertz CT molecular complexity index is 1100. The molecule has 0 aromatic heterocycles. The molecule has 5 rings (SSSR count). The molecule has 0 amide bonds. The second-order valence-electron chi connectivity index (χ2n) is 9.12. The van der Waals surface area contributed by atoms with E-state index < -0.39 is 75.8 Å². The molecule has 1 saturated heterocycles. The lowest BCUT2D eigenvalue weighted by Crippen LogP contribution is -2.57. The molecule has 11 heteroatoms. The molecule has 2 heterocycles. The molecule has 2 fully saturated rings. The van der Waals surface area contributed by atoms with Crippen LogP contribution < -0.4 is 5.01 Å². The van der Waals surface area contributed by atoms with E-state index in [1.54, 1.807) is 6.92 Å². The highest BCUT2D eigenvalue weighted by Gasteiger charge is 2.73. The summed E-state index contributed by atoms with van der Waals surface area (Å²) in [6, 6.07) is 0.0735. The van der Waals surface area contributed by atoms with E-state index in [0.717, 1.165) is 0 Å². The van der Waals surface area contributed by atoms with Crippen molar-refractivity contribution in [1.29, 1.82) is 0 Å². The smallest absolute Gasteiger partial charge is 0.338 e. The number of aliphatic hydroxyl groups is 1. The molecule has 2 aliphatic heterocycles. The van der Waals surface area contributed by atoms with Gasteiger partial charge in [-0.15, -0.1) is 5.11 Å². The van der Waals surface area contributed by atoms with Crippen molar-refractivity contribution in [1.82, 2.24) is 0 Å². The van der Waals surface area contributed by atoms with E-state index in [-0.39, 0.29) is 12.0 Å². The summed E-state index contributed by atoms with van der Waals surface area (Å²) in [6.07, 6.45) is 2.30. The molecule has 1 aromatic carbocycles. The number of anilines is 1. The minimum absolute atomic E-state index is 0.0735. The van der Waals surface area contributed by atoms with Crippen LogP contribution in [0.2, 0.25) is 0 Å². The highest BCUT2D eigenvalue weighted by Crippen LogP contribution is 2.59. The zero-order valence-corrected chi connectivity index (χ0v) is 17.1. The van der Waals surface area contributed by atoms with Crippen molar-refractivity contribution in [2.45, 2.75) is 43.9 Å². The maximum absolute atomic E-state index is 14.3. The number of ketones is 1. The van der Waals surface area contributed by atoms with Crippen LogP contribution in [0, 0.1) is 40.5 Å². The summed E-state index contributed by atoms with van der Waals surface area (Å²) in [5.74, 6) is -9.01. The molecule has 1 spiro atoms. The van der Waals surface area contributed by atoms with Gasteiger partial charge in [0.2, 0.25) is 5.54 Å². The van der Waals surface area contributed by atoms with Gasteiger partial charge in [-0.05, 0) is 37.8 Å². The number of esters is 1. The van der Waals surface area contributed by atoms with Gasteiger partial charge in [0, 0.05) is 12.0 Å². The normalized spacial score (nSPS) is 40.1. The fourth-order valence-electron chi connectivity index (χ4n) is 5.68. The number of nitrogens with zero attached hydrogens (tertiary/aromatic N) is 3. The van der Waals surface area contributed by atoms with E-state index in [9.17, 15) is 32.3 Å². The quantitative estimate of drug-likeness (QED) is 0.401. The van der Waals surface area contributed by atoms with Crippen LogP contribution in [0.15, 0.2) is 28.6 Å². The van der Waals surface area contributed by atoms with Crippen LogP contribution >= 0.6 is 0 Å². The summed E-state index contributed by atoms with van der Waals surface area (Å²) >= 11 is 0. The molecule has 1 N–H and O–H groups in total. The summed E-state index contributed by atoms with van der Waals surface area (Å²) in [5, 5.41) is 19.6. The van der Waals surface area contributed by atoms with Crippen LogP contribution in [0.3, 0.4) is 0 Å². The highest BCUT2D eigenvalue weighted by atomic mass is 19.2.